The summed E-state index contributed by atoms with van der Waals surface area (Å²) in [6, 6.07) is 0. The first-order valence-corrected chi connectivity index (χ1v) is 8.11. The van der Waals surface area contributed by atoms with E-state index in [2.05, 4.69) is 30.7 Å². The van der Waals surface area contributed by atoms with Gasteiger partial charge < -0.3 is 10.6 Å². The van der Waals surface area contributed by atoms with Crippen molar-refractivity contribution in [3.8, 4) is 0 Å². The van der Waals surface area contributed by atoms with Crippen LogP contribution in [0, 0.1) is 5.41 Å². The van der Waals surface area contributed by atoms with Crippen LogP contribution in [0.5, 0.6) is 0 Å². The Morgan fingerprint density at radius 1 is 0.895 bits per heavy atom. The zero-order valence-corrected chi connectivity index (χ0v) is 13.2. The number of rotatable bonds is 2. The van der Waals surface area contributed by atoms with Crippen LogP contribution in [-0.4, -0.2) is 55.1 Å². The van der Waals surface area contributed by atoms with E-state index in [9.17, 15) is 0 Å². The van der Waals surface area contributed by atoms with Gasteiger partial charge in [-0.2, -0.15) is 0 Å². The minimum absolute atomic E-state index is 0.283. The van der Waals surface area contributed by atoms with E-state index >= 15 is 0 Å². The standard InChI is InChI=1S/C16H33N3/c1-15(2)6-4-11-19(13-8-15)16(14-17)7-5-10-18(3)12-9-16/h4-14,17H2,1-3H3. The maximum atomic E-state index is 6.24. The SMILES string of the molecule is CN1CCCC(CN)(N2CCCC(C)(C)CC2)CC1. The van der Waals surface area contributed by atoms with E-state index < -0.39 is 0 Å². The molecular formula is C16H33N3. The third-order valence-corrected chi connectivity index (χ3v) is 5.53. The Balaban J connectivity index is 2.07. The van der Waals surface area contributed by atoms with Crippen molar-refractivity contribution in [2.45, 2.75) is 57.9 Å². The van der Waals surface area contributed by atoms with Crippen molar-refractivity contribution in [1.29, 1.82) is 0 Å². The monoisotopic (exact) mass is 267 g/mol. The molecule has 2 aliphatic rings. The molecule has 0 aromatic heterocycles. The number of likely N-dealkylation sites (tertiary alicyclic amines) is 2. The zero-order chi connectivity index (χ0) is 13.9. The van der Waals surface area contributed by atoms with Gasteiger partial charge >= 0.3 is 0 Å². The highest BCUT2D eigenvalue weighted by Gasteiger charge is 2.38. The zero-order valence-electron chi connectivity index (χ0n) is 13.2. The van der Waals surface area contributed by atoms with E-state index in [0.717, 1.165) is 6.54 Å². The predicted octanol–water partition coefficient (Wildman–Crippen LogP) is 2.31. The fourth-order valence-corrected chi connectivity index (χ4v) is 3.86. The molecule has 0 amide bonds. The van der Waals surface area contributed by atoms with Crippen molar-refractivity contribution in [1.82, 2.24) is 9.80 Å². The molecule has 0 aromatic rings. The fraction of sp³-hybridized carbons (Fsp3) is 1.00. The molecule has 2 saturated heterocycles. The molecule has 1 unspecified atom stereocenters. The first-order chi connectivity index (χ1) is 8.97. The summed E-state index contributed by atoms with van der Waals surface area (Å²) in [5, 5.41) is 0. The minimum atomic E-state index is 0.283. The minimum Gasteiger partial charge on any atom is -0.329 e. The van der Waals surface area contributed by atoms with Crippen molar-refractivity contribution in [3.63, 3.8) is 0 Å². The summed E-state index contributed by atoms with van der Waals surface area (Å²) in [5.41, 5.74) is 7.05. The van der Waals surface area contributed by atoms with Crippen molar-refractivity contribution in [3.05, 3.63) is 0 Å². The average molecular weight is 267 g/mol. The first-order valence-electron chi connectivity index (χ1n) is 8.11. The van der Waals surface area contributed by atoms with Gasteiger partial charge in [-0.15, -0.1) is 0 Å². The summed E-state index contributed by atoms with van der Waals surface area (Å²) in [6.07, 6.45) is 7.86. The summed E-state index contributed by atoms with van der Waals surface area (Å²) < 4.78 is 0. The number of nitrogens with two attached hydrogens (primary N) is 1. The normalized spacial score (nSPS) is 34.7. The van der Waals surface area contributed by atoms with Crippen molar-refractivity contribution in [2.24, 2.45) is 11.1 Å². The molecule has 0 spiro atoms. The molecule has 2 aliphatic heterocycles. The first kappa shape index (κ1) is 15.3. The summed E-state index contributed by atoms with van der Waals surface area (Å²) in [6.45, 7) is 10.6. The van der Waals surface area contributed by atoms with E-state index in [-0.39, 0.29) is 5.54 Å². The third-order valence-electron chi connectivity index (χ3n) is 5.53. The Kier molecular flexibility index (Phi) is 4.91. The molecule has 3 heteroatoms. The van der Waals surface area contributed by atoms with Crippen LogP contribution in [0.25, 0.3) is 0 Å². The molecule has 2 N–H and O–H groups in total. The lowest BCUT2D eigenvalue weighted by Crippen LogP contribution is -2.54. The van der Waals surface area contributed by atoms with E-state index in [0.29, 0.717) is 5.41 Å². The summed E-state index contributed by atoms with van der Waals surface area (Å²) in [4.78, 5) is 5.22. The van der Waals surface area contributed by atoms with E-state index in [1.165, 1.54) is 64.7 Å². The predicted molar refractivity (Wildman–Crippen MR) is 82.3 cm³/mol. The molecule has 2 rings (SSSR count). The highest BCUT2D eigenvalue weighted by atomic mass is 15.2. The van der Waals surface area contributed by atoms with Crippen LogP contribution in [0.2, 0.25) is 0 Å². The number of nitrogens with zero attached hydrogens (tertiary/aromatic N) is 2. The second-order valence-electron chi connectivity index (χ2n) is 7.59. The van der Waals surface area contributed by atoms with Gasteiger partial charge in [0, 0.05) is 12.1 Å². The van der Waals surface area contributed by atoms with Crippen LogP contribution < -0.4 is 5.73 Å². The maximum absolute atomic E-state index is 6.24. The van der Waals surface area contributed by atoms with E-state index in [4.69, 9.17) is 5.73 Å². The second-order valence-corrected chi connectivity index (χ2v) is 7.59. The van der Waals surface area contributed by atoms with Crippen LogP contribution in [-0.2, 0) is 0 Å². The van der Waals surface area contributed by atoms with Crippen LogP contribution in [0.1, 0.15) is 52.4 Å². The van der Waals surface area contributed by atoms with Crippen LogP contribution in [0.4, 0.5) is 0 Å². The molecule has 19 heavy (non-hydrogen) atoms. The Bertz CT molecular complexity index is 290. The lowest BCUT2D eigenvalue weighted by atomic mass is 9.85. The largest absolute Gasteiger partial charge is 0.329 e. The van der Waals surface area contributed by atoms with Gasteiger partial charge in [0.25, 0.3) is 0 Å². The van der Waals surface area contributed by atoms with Crippen LogP contribution in [0.15, 0.2) is 0 Å². The van der Waals surface area contributed by atoms with Gasteiger partial charge in [0.1, 0.15) is 0 Å². The van der Waals surface area contributed by atoms with Gasteiger partial charge in [-0.1, -0.05) is 13.8 Å². The van der Waals surface area contributed by atoms with E-state index in [1.807, 2.05) is 0 Å². The maximum Gasteiger partial charge on any atom is 0.0344 e. The number of hydrogen-bond donors (Lipinski definition) is 1. The topological polar surface area (TPSA) is 32.5 Å². The molecule has 0 radical (unpaired) electrons. The molecule has 0 aromatic carbocycles. The van der Waals surface area contributed by atoms with Crippen LogP contribution >= 0.6 is 0 Å². The molecule has 0 saturated carbocycles. The van der Waals surface area contributed by atoms with Crippen molar-refractivity contribution < 1.29 is 0 Å². The number of hydrogen-bond acceptors (Lipinski definition) is 3. The van der Waals surface area contributed by atoms with Crippen LogP contribution in [0.3, 0.4) is 0 Å². The Hall–Kier alpha value is -0.120. The van der Waals surface area contributed by atoms with E-state index in [1.54, 1.807) is 0 Å². The molecule has 3 nitrogen and oxygen atoms in total. The molecule has 2 fully saturated rings. The van der Waals surface area contributed by atoms with Gasteiger partial charge in [0.2, 0.25) is 0 Å². The van der Waals surface area contributed by atoms with Gasteiger partial charge in [0.05, 0.1) is 0 Å². The summed E-state index contributed by atoms with van der Waals surface area (Å²) in [5.74, 6) is 0. The molecule has 112 valence electrons. The summed E-state index contributed by atoms with van der Waals surface area (Å²) in [7, 11) is 2.25. The molecular weight excluding hydrogens is 234 g/mol. The smallest absolute Gasteiger partial charge is 0.0344 e. The van der Waals surface area contributed by atoms with Gasteiger partial charge in [-0.3, -0.25) is 4.90 Å². The molecule has 2 heterocycles. The van der Waals surface area contributed by atoms with Gasteiger partial charge in [-0.25, -0.2) is 0 Å². The third kappa shape index (κ3) is 3.71. The van der Waals surface area contributed by atoms with Crippen molar-refractivity contribution >= 4 is 0 Å². The van der Waals surface area contributed by atoms with Gasteiger partial charge in [0.15, 0.2) is 0 Å². The van der Waals surface area contributed by atoms with Gasteiger partial charge in [-0.05, 0) is 77.2 Å². The average Bonchev–Trinajstić information content (AvgIpc) is 2.66. The molecule has 1 atom stereocenters. The highest BCUT2D eigenvalue weighted by Crippen LogP contribution is 2.35. The fourth-order valence-electron chi connectivity index (χ4n) is 3.86. The second kappa shape index (κ2) is 6.11. The Morgan fingerprint density at radius 3 is 2.37 bits per heavy atom. The van der Waals surface area contributed by atoms with Crippen molar-refractivity contribution in [2.75, 3.05) is 39.8 Å². The quantitative estimate of drug-likeness (QED) is 0.833. The highest BCUT2D eigenvalue weighted by molar-refractivity contribution is 4.96. The Labute approximate surface area is 119 Å². The lowest BCUT2D eigenvalue weighted by Gasteiger charge is -2.43. The molecule has 0 bridgehead atoms. The summed E-state index contributed by atoms with van der Waals surface area (Å²) >= 11 is 0. The molecule has 0 aliphatic carbocycles. The Morgan fingerprint density at radius 2 is 1.63 bits per heavy atom. The lowest BCUT2D eigenvalue weighted by molar-refractivity contribution is 0.0791.